The van der Waals surface area contributed by atoms with Crippen LogP contribution in [0.25, 0.3) is 0 Å². The maximum absolute atomic E-state index is 10.9. The van der Waals surface area contributed by atoms with Gasteiger partial charge in [0.2, 0.25) is 0 Å². The van der Waals surface area contributed by atoms with Gasteiger partial charge in [0.25, 0.3) is 0 Å². The summed E-state index contributed by atoms with van der Waals surface area (Å²) in [4.78, 5) is 20.2. The average molecular weight is 293 g/mol. The number of nitro groups is 2. The van der Waals surface area contributed by atoms with Crippen LogP contribution in [0.2, 0.25) is 0 Å². The molecule has 1 heterocycles. The molecule has 110 valence electrons. The molecule has 1 aromatic heterocycles. The quantitative estimate of drug-likeness (QED) is 0.641. The molecule has 1 aromatic carbocycles. The van der Waals surface area contributed by atoms with Crippen molar-refractivity contribution in [3.63, 3.8) is 0 Å². The number of rotatable bonds is 6. The molecule has 21 heavy (non-hydrogen) atoms. The highest BCUT2D eigenvalue weighted by molar-refractivity contribution is 5.58. The van der Waals surface area contributed by atoms with Gasteiger partial charge in [0, 0.05) is 11.8 Å². The summed E-state index contributed by atoms with van der Waals surface area (Å²) in [6, 6.07) is 7.08. The first-order valence-corrected chi connectivity index (χ1v) is 5.80. The summed E-state index contributed by atoms with van der Waals surface area (Å²) in [5.74, 6) is 0.145. The maximum Gasteiger partial charge on any atom is 0.433 e. The Kier molecular flexibility index (Phi) is 4.02. The molecule has 9 nitrogen and oxygen atoms in total. The summed E-state index contributed by atoms with van der Waals surface area (Å²) < 4.78 is 9.86. The third kappa shape index (κ3) is 3.26. The molecule has 0 saturated heterocycles. The Hall–Kier alpha value is -3.10. The van der Waals surface area contributed by atoms with E-state index in [1.807, 2.05) is 0 Å². The van der Waals surface area contributed by atoms with Crippen molar-refractivity contribution in [3.8, 4) is 5.75 Å². The van der Waals surface area contributed by atoms with E-state index in [9.17, 15) is 20.2 Å². The largest absolute Gasteiger partial charge is 0.490 e. The standard InChI is InChI=1S/C12H11N3O6/c1-20-11-4-2-8(6-10(11)14(16)17)13-7-9-3-5-12(21-9)15(18)19/h2-6,13H,7H2,1H3. The molecule has 0 aliphatic rings. The minimum Gasteiger partial charge on any atom is -0.490 e. The third-order valence-corrected chi connectivity index (χ3v) is 2.67. The highest BCUT2D eigenvalue weighted by atomic mass is 16.6. The topological polar surface area (TPSA) is 121 Å². The Balaban J connectivity index is 2.10. The number of nitro benzene ring substituents is 1. The van der Waals surface area contributed by atoms with Gasteiger partial charge in [-0.1, -0.05) is 0 Å². The van der Waals surface area contributed by atoms with E-state index in [2.05, 4.69) is 5.32 Å². The van der Waals surface area contributed by atoms with E-state index in [0.29, 0.717) is 11.4 Å². The van der Waals surface area contributed by atoms with Crippen LogP contribution in [0.1, 0.15) is 5.76 Å². The number of nitrogens with one attached hydrogen (secondary N) is 1. The van der Waals surface area contributed by atoms with Gasteiger partial charge in [-0.2, -0.15) is 0 Å². The zero-order valence-electron chi connectivity index (χ0n) is 10.9. The third-order valence-electron chi connectivity index (χ3n) is 2.67. The Morgan fingerprint density at radius 1 is 1.19 bits per heavy atom. The number of hydrogen-bond acceptors (Lipinski definition) is 7. The molecule has 0 fully saturated rings. The zero-order valence-corrected chi connectivity index (χ0v) is 10.9. The second kappa shape index (κ2) is 5.90. The lowest BCUT2D eigenvalue weighted by atomic mass is 10.2. The molecule has 1 N–H and O–H groups in total. The number of methoxy groups -OCH3 is 1. The number of ether oxygens (including phenoxy) is 1. The minimum atomic E-state index is -0.637. The van der Waals surface area contributed by atoms with E-state index in [0.717, 1.165) is 0 Å². The second-order valence-electron chi connectivity index (χ2n) is 3.99. The highest BCUT2D eigenvalue weighted by Crippen LogP contribution is 2.30. The summed E-state index contributed by atoms with van der Waals surface area (Å²) in [6.07, 6.45) is 0. The van der Waals surface area contributed by atoms with E-state index >= 15 is 0 Å². The van der Waals surface area contributed by atoms with Gasteiger partial charge in [0.05, 0.1) is 24.6 Å². The predicted octanol–water partition coefficient (Wildman–Crippen LogP) is 2.72. The van der Waals surface area contributed by atoms with E-state index in [4.69, 9.17) is 9.15 Å². The summed E-state index contributed by atoms with van der Waals surface area (Å²) in [5, 5.41) is 24.3. The van der Waals surface area contributed by atoms with Crippen LogP contribution < -0.4 is 10.1 Å². The molecule has 0 bridgehead atoms. The molecule has 9 heteroatoms. The van der Waals surface area contributed by atoms with E-state index in [1.54, 1.807) is 6.07 Å². The van der Waals surface area contributed by atoms with Gasteiger partial charge in [-0.05, 0) is 18.2 Å². The molecule has 0 unspecified atom stereocenters. The molecule has 0 atom stereocenters. The molecular weight excluding hydrogens is 282 g/mol. The van der Waals surface area contributed by atoms with Crippen LogP contribution in [0.5, 0.6) is 5.75 Å². The van der Waals surface area contributed by atoms with Crippen LogP contribution in [0.3, 0.4) is 0 Å². The monoisotopic (exact) mass is 293 g/mol. The van der Waals surface area contributed by atoms with E-state index in [1.165, 1.54) is 31.4 Å². The zero-order chi connectivity index (χ0) is 15.4. The van der Waals surface area contributed by atoms with Gasteiger partial charge in [-0.3, -0.25) is 20.2 Å². The summed E-state index contributed by atoms with van der Waals surface area (Å²) in [6.45, 7) is 0.164. The van der Waals surface area contributed by atoms with Gasteiger partial charge < -0.3 is 14.5 Å². The van der Waals surface area contributed by atoms with Crippen molar-refractivity contribution in [2.24, 2.45) is 0 Å². The fourth-order valence-electron chi connectivity index (χ4n) is 1.69. The van der Waals surface area contributed by atoms with Crippen LogP contribution >= 0.6 is 0 Å². The fourth-order valence-corrected chi connectivity index (χ4v) is 1.69. The van der Waals surface area contributed by atoms with E-state index < -0.39 is 9.85 Å². The SMILES string of the molecule is COc1ccc(NCc2ccc([N+](=O)[O-])o2)cc1[N+](=O)[O-]. The Labute approximate surface area is 118 Å². The lowest BCUT2D eigenvalue weighted by Crippen LogP contribution is -2.00. The fraction of sp³-hybridized carbons (Fsp3) is 0.167. The first-order valence-electron chi connectivity index (χ1n) is 5.80. The van der Waals surface area contributed by atoms with Crippen molar-refractivity contribution in [1.29, 1.82) is 0 Å². The van der Waals surface area contributed by atoms with Crippen molar-refractivity contribution in [2.75, 3.05) is 12.4 Å². The first kappa shape index (κ1) is 14.3. The second-order valence-corrected chi connectivity index (χ2v) is 3.99. The summed E-state index contributed by atoms with van der Waals surface area (Å²) in [7, 11) is 1.34. The molecular formula is C12H11N3O6. The van der Waals surface area contributed by atoms with Crippen molar-refractivity contribution >= 4 is 17.3 Å². The number of benzene rings is 1. The van der Waals surface area contributed by atoms with Crippen LogP contribution in [-0.4, -0.2) is 17.0 Å². The first-order chi connectivity index (χ1) is 10.0. The summed E-state index contributed by atoms with van der Waals surface area (Å²) in [5.41, 5.74) is 0.300. The van der Waals surface area contributed by atoms with Crippen molar-refractivity contribution < 1.29 is 19.0 Å². The van der Waals surface area contributed by atoms with Crippen LogP contribution in [0.15, 0.2) is 34.7 Å². The van der Waals surface area contributed by atoms with Crippen molar-refractivity contribution in [2.45, 2.75) is 6.54 Å². The van der Waals surface area contributed by atoms with Gasteiger partial charge in [-0.25, -0.2) is 0 Å². The lowest BCUT2D eigenvalue weighted by molar-refractivity contribution is -0.402. The molecule has 2 aromatic rings. The predicted molar refractivity (Wildman–Crippen MR) is 72.3 cm³/mol. The number of nitrogens with zero attached hydrogens (tertiary/aromatic N) is 2. The Bertz CT molecular complexity index is 681. The molecule has 0 amide bonds. The minimum absolute atomic E-state index is 0.152. The van der Waals surface area contributed by atoms with Gasteiger partial charge >= 0.3 is 11.6 Å². The average Bonchev–Trinajstić information content (AvgIpc) is 2.94. The lowest BCUT2D eigenvalue weighted by Gasteiger charge is -2.06. The van der Waals surface area contributed by atoms with Crippen LogP contribution in [0, 0.1) is 20.2 Å². The van der Waals surface area contributed by atoms with Gasteiger partial charge in [0.15, 0.2) is 5.75 Å². The number of hydrogen-bond donors (Lipinski definition) is 1. The molecule has 0 saturated carbocycles. The smallest absolute Gasteiger partial charge is 0.433 e. The van der Waals surface area contributed by atoms with Crippen molar-refractivity contribution in [3.05, 3.63) is 56.3 Å². The molecule has 2 rings (SSSR count). The molecule has 0 radical (unpaired) electrons. The Morgan fingerprint density at radius 2 is 1.95 bits per heavy atom. The maximum atomic E-state index is 10.9. The van der Waals surface area contributed by atoms with Crippen LogP contribution in [-0.2, 0) is 6.54 Å². The highest BCUT2D eigenvalue weighted by Gasteiger charge is 2.16. The molecule has 0 spiro atoms. The molecule has 0 aliphatic carbocycles. The summed E-state index contributed by atoms with van der Waals surface area (Å²) >= 11 is 0. The number of furan rings is 1. The molecule has 0 aliphatic heterocycles. The van der Waals surface area contributed by atoms with Crippen LogP contribution in [0.4, 0.5) is 17.3 Å². The number of anilines is 1. The van der Waals surface area contributed by atoms with E-state index in [-0.39, 0.29) is 23.9 Å². The van der Waals surface area contributed by atoms with Gasteiger partial charge in [0.1, 0.15) is 10.7 Å². The Morgan fingerprint density at radius 3 is 2.52 bits per heavy atom. The normalized spacial score (nSPS) is 10.1. The van der Waals surface area contributed by atoms with Gasteiger partial charge in [-0.15, -0.1) is 0 Å². The van der Waals surface area contributed by atoms with Crippen molar-refractivity contribution in [1.82, 2.24) is 0 Å².